The first-order valence-electron chi connectivity index (χ1n) is 6.97. The Morgan fingerprint density at radius 1 is 1.19 bits per heavy atom. The SMILES string of the molecule is CC(Oc1cc2ccccc2cc1O)C(=O)NC(C)(C)C. The van der Waals surface area contributed by atoms with Crippen LogP contribution in [0.25, 0.3) is 10.8 Å². The Morgan fingerprint density at radius 3 is 2.33 bits per heavy atom. The van der Waals surface area contributed by atoms with Gasteiger partial charge in [-0.1, -0.05) is 24.3 Å². The number of amides is 1. The lowest BCUT2D eigenvalue weighted by Crippen LogP contribution is -2.46. The van der Waals surface area contributed by atoms with Gasteiger partial charge in [0.25, 0.3) is 5.91 Å². The molecule has 0 aromatic heterocycles. The molecule has 0 fully saturated rings. The molecule has 2 aromatic rings. The first-order chi connectivity index (χ1) is 9.76. The molecule has 0 heterocycles. The molecule has 0 aliphatic carbocycles. The van der Waals surface area contributed by atoms with Gasteiger partial charge in [0, 0.05) is 5.54 Å². The molecule has 21 heavy (non-hydrogen) atoms. The van der Waals surface area contributed by atoms with Gasteiger partial charge in [0.05, 0.1) is 0 Å². The van der Waals surface area contributed by atoms with Crippen molar-refractivity contribution in [1.82, 2.24) is 5.32 Å². The van der Waals surface area contributed by atoms with E-state index in [1.165, 1.54) is 0 Å². The molecule has 0 saturated heterocycles. The third-order valence-electron chi connectivity index (χ3n) is 3.00. The fraction of sp³-hybridized carbons (Fsp3) is 0.353. The topological polar surface area (TPSA) is 58.6 Å². The molecule has 0 saturated carbocycles. The van der Waals surface area contributed by atoms with Gasteiger partial charge < -0.3 is 15.2 Å². The number of hydrogen-bond donors (Lipinski definition) is 2. The summed E-state index contributed by atoms with van der Waals surface area (Å²) in [7, 11) is 0. The van der Waals surface area contributed by atoms with Crippen molar-refractivity contribution in [2.75, 3.05) is 0 Å². The zero-order valence-electron chi connectivity index (χ0n) is 12.8. The second-order valence-electron chi connectivity index (χ2n) is 6.17. The Labute approximate surface area is 124 Å². The van der Waals surface area contributed by atoms with Crippen LogP contribution in [0.3, 0.4) is 0 Å². The van der Waals surface area contributed by atoms with E-state index in [0.717, 1.165) is 10.8 Å². The van der Waals surface area contributed by atoms with Gasteiger partial charge in [-0.3, -0.25) is 4.79 Å². The van der Waals surface area contributed by atoms with Crippen LogP contribution in [0.4, 0.5) is 0 Å². The molecule has 2 aromatic carbocycles. The molecule has 4 nitrogen and oxygen atoms in total. The molecule has 0 aliphatic heterocycles. The third-order valence-corrected chi connectivity index (χ3v) is 3.00. The average molecular weight is 287 g/mol. The van der Waals surface area contributed by atoms with Crippen molar-refractivity contribution in [3.8, 4) is 11.5 Å². The van der Waals surface area contributed by atoms with Crippen LogP contribution in [0, 0.1) is 0 Å². The first kappa shape index (κ1) is 15.2. The average Bonchev–Trinajstić information content (AvgIpc) is 2.37. The van der Waals surface area contributed by atoms with E-state index in [1.807, 2.05) is 45.0 Å². The van der Waals surface area contributed by atoms with Gasteiger partial charge in [0.15, 0.2) is 17.6 Å². The van der Waals surface area contributed by atoms with Crippen molar-refractivity contribution in [3.63, 3.8) is 0 Å². The van der Waals surface area contributed by atoms with Crippen LogP contribution in [-0.2, 0) is 4.79 Å². The standard InChI is InChI=1S/C17H21NO3/c1-11(16(20)18-17(2,3)4)21-15-10-13-8-6-5-7-12(13)9-14(15)19/h5-11,19H,1-4H3,(H,18,20). The smallest absolute Gasteiger partial charge is 0.261 e. The number of rotatable bonds is 3. The van der Waals surface area contributed by atoms with Crippen LogP contribution in [0.2, 0.25) is 0 Å². The van der Waals surface area contributed by atoms with Gasteiger partial charge >= 0.3 is 0 Å². The lowest BCUT2D eigenvalue weighted by Gasteiger charge is -2.23. The molecule has 0 radical (unpaired) electrons. The van der Waals surface area contributed by atoms with Gasteiger partial charge in [-0.15, -0.1) is 0 Å². The Balaban J connectivity index is 2.19. The van der Waals surface area contributed by atoms with E-state index in [-0.39, 0.29) is 17.2 Å². The lowest BCUT2D eigenvalue weighted by molar-refractivity contribution is -0.128. The lowest BCUT2D eigenvalue weighted by atomic mass is 10.1. The fourth-order valence-corrected chi connectivity index (χ4v) is 2.02. The summed E-state index contributed by atoms with van der Waals surface area (Å²) in [5, 5.41) is 14.7. The van der Waals surface area contributed by atoms with Gasteiger partial charge in [-0.2, -0.15) is 0 Å². The molecule has 2 rings (SSSR count). The molecule has 112 valence electrons. The minimum atomic E-state index is -0.684. The summed E-state index contributed by atoms with van der Waals surface area (Å²) < 4.78 is 5.60. The predicted octanol–water partition coefficient (Wildman–Crippen LogP) is 3.23. The van der Waals surface area contributed by atoms with E-state index in [2.05, 4.69) is 5.32 Å². The maximum Gasteiger partial charge on any atom is 0.261 e. The Kier molecular flexibility index (Phi) is 4.07. The Bertz CT molecular complexity index is 659. The summed E-state index contributed by atoms with van der Waals surface area (Å²) >= 11 is 0. The molecule has 1 amide bonds. The molecule has 1 atom stereocenters. The second-order valence-corrected chi connectivity index (χ2v) is 6.17. The molecule has 0 aliphatic rings. The second kappa shape index (κ2) is 5.64. The Hall–Kier alpha value is -2.23. The minimum absolute atomic E-state index is 0.0316. The summed E-state index contributed by atoms with van der Waals surface area (Å²) in [5.41, 5.74) is -0.319. The maximum atomic E-state index is 12.0. The number of benzene rings is 2. The van der Waals surface area contributed by atoms with Crippen LogP contribution in [0.1, 0.15) is 27.7 Å². The van der Waals surface area contributed by atoms with E-state index in [1.54, 1.807) is 19.1 Å². The number of carbonyl (C=O) groups is 1. The summed E-state index contributed by atoms with van der Waals surface area (Å²) in [6, 6.07) is 11.0. The van der Waals surface area contributed by atoms with E-state index in [4.69, 9.17) is 4.74 Å². The summed E-state index contributed by atoms with van der Waals surface area (Å²) in [6.45, 7) is 7.39. The molecule has 0 spiro atoms. The molecule has 1 unspecified atom stereocenters. The van der Waals surface area contributed by atoms with Crippen LogP contribution in [0.15, 0.2) is 36.4 Å². The molecule has 2 N–H and O–H groups in total. The Morgan fingerprint density at radius 2 is 1.76 bits per heavy atom. The highest BCUT2D eigenvalue weighted by Crippen LogP contribution is 2.32. The van der Waals surface area contributed by atoms with E-state index >= 15 is 0 Å². The zero-order chi connectivity index (χ0) is 15.6. The molecular weight excluding hydrogens is 266 g/mol. The minimum Gasteiger partial charge on any atom is -0.504 e. The van der Waals surface area contributed by atoms with Gasteiger partial charge in [-0.25, -0.2) is 0 Å². The molecule has 4 heteroatoms. The largest absolute Gasteiger partial charge is 0.504 e. The zero-order valence-corrected chi connectivity index (χ0v) is 12.8. The summed E-state index contributed by atoms with van der Waals surface area (Å²) in [4.78, 5) is 12.0. The fourth-order valence-electron chi connectivity index (χ4n) is 2.02. The number of ether oxygens (including phenoxy) is 1. The highest BCUT2D eigenvalue weighted by molar-refractivity contribution is 5.86. The van der Waals surface area contributed by atoms with Gasteiger partial charge in [-0.05, 0) is 50.6 Å². The number of hydrogen-bond acceptors (Lipinski definition) is 3. The summed E-state index contributed by atoms with van der Waals surface area (Å²) in [5.74, 6) is 0.129. The van der Waals surface area contributed by atoms with E-state index in [9.17, 15) is 9.90 Å². The van der Waals surface area contributed by atoms with Crippen LogP contribution in [0.5, 0.6) is 11.5 Å². The van der Waals surface area contributed by atoms with Gasteiger partial charge in [0.2, 0.25) is 0 Å². The van der Waals surface area contributed by atoms with Crippen molar-refractivity contribution >= 4 is 16.7 Å². The van der Waals surface area contributed by atoms with Crippen molar-refractivity contribution in [2.24, 2.45) is 0 Å². The number of carbonyl (C=O) groups excluding carboxylic acids is 1. The van der Waals surface area contributed by atoms with E-state index < -0.39 is 6.10 Å². The molecular formula is C17H21NO3. The first-order valence-corrected chi connectivity index (χ1v) is 6.97. The quantitative estimate of drug-likeness (QED) is 0.911. The monoisotopic (exact) mass is 287 g/mol. The highest BCUT2D eigenvalue weighted by atomic mass is 16.5. The number of fused-ring (bicyclic) bond motifs is 1. The number of phenolic OH excluding ortho intramolecular Hbond substituents is 1. The van der Waals surface area contributed by atoms with Crippen LogP contribution in [-0.4, -0.2) is 22.7 Å². The van der Waals surface area contributed by atoms with Crippen LogP contribution < -0.4 is 10.1 Å². The maximum absolute atomic E-state index is 12.0. The number of aromatic hydroxyl groups is 1. The predicted molar refractivity (Wildman–Crippen MR) is 83.6 cm³/mol. The third kappa shape index (κ3) is 3.88. The van der Waals surface area contributed by atoms with Crippen molar-refractivity contribution in [3.05, 3.63) is 36.4 Å². The highest BCUT2D eigenvalue weighted by Gasteiger charge is 2.21. The number of phenols is 1. The van der Waals surface area contributed by atoms with E-state index in [0.29, 0.717) is 5.75 Å². The van der Waals surface area contributed by atoms with Gasteiger partial charge in [0.1, 0.15) is 0 Å². The van der Waals surface area contributed by atoms with Crippen molar-refractivity contribution in [2.45, 2.75) is 39.3 Å². The normalized spacial score (nSPS) is 13.0. The van der Waals surface area contributed by atoms with Crippen molar-refractivity contribution in [1.29, 1.82) is 0 Å². The van der Waals surface area contributed by atoms with Crippen LogP contribution >= 0.6 is 0 Å². The molecule has 0 bridgehead atoms. The summed E-state index contributed by atoms with van der Waals surface area (Å²) in [6.07, 6.45) is -0.684. The van der Waals surface area contributed by atoms with Crippen molar-refractivity contribution < 1.29 is 14.6 Å². The number of nitrogens with one attached hydrogen (secondary N) is 1.